The van der Waals surface area contributed by atoms with Gasteiger partial charge in [0.15, 0.2) is 0 Å². The Labute approximate surface area is 91.9 Å². The molecule has 0 aromatic carbocycles. The minimum atomic E-state index is -0.363. The lowest BCUT2D eigenvalue weighted by molar-refractivity contribution is 0.139. The van der Waals surface area contributed by atoms with Crippen molar-refractivity contribution in [3.05, 3.63) is 22.8 Å². The molecule has 0 bridgehead atoms. The van der Waals surface area contributed by atoms with E-state index in [1.807, 2.05) is 17.0 Å². The molecule has 0 radical (unpaired) electrons. The van der Waals surface area contributed by atoms with E-state index >= 15 is 0 Å². The SMILES string of the molecule is OC1CCCCN1c1ccc(Br)cn1. The molecule has 1 fully saturated rings. The van der Waals surface area contributed by atoms with Crippen LogP contribution in [0.1, 0.15) is 19.3 Å². The van der Waals surface area contributed by atoms with Gasteiger partial charge in [-0.1, -0.05) is 0 Å². The summed E-state index contributed by atoms with van der Waals surface area (Å²) in [6.45, 7) is 0.899. The topological polar surface area (TPSA) is 36.4 Å². The molecule has 1 aliphatic heterocycles. The van der Waals surface area contributed by atoms with Crippen LogP contribution in [0.25, 0.3) is 0 Å². The van der Waals surface area contributed by atoms with Gasteiger partial charge in [0.05, 0.1) is 0 Å². The highest BCUT2D eigenvalue weighted by molar-refractivity contribution is 9.10. The van der Waals surface area contributed by atoms with Gasteiger partial charge >= 0.3 is 0 Å². The van der Waals surface area contributed by atoms with Gasteiger partial charge in [0.25, 0.3) is 0 Å². The second-order valence-corrected chi connectivity index (χ2v) is 4.42. The summed E-state index contributed by atoms with van der Waals surface area (Å²) in [7, 11) is 0. The second kappa shape index (κ2) is 4.28. The molecule has 0 amide bonds. The van der Waals surface area contributed by atoms with Gasteiger partial charge in [-0.05, 0) is 47.3 Å². The average molecular weight is 257 g/mol. The largest absolute Gasteiger partial charge is 0.374 e. The Bertz CT molecular complexity index is 301. The van der Waals surface area contributed by atoms with Gasteiger partial charge in [-0.2, -0.15) is 0 Å². The Kier molecular flexibility index (Phi) is 3.03. The summed E-state index contributed by atoms with van der Waals surface area (Å²) < 4.78 is 0.966. The number of nitrogens with zero attached hydrogens (tertiary/aromatic N) is 2. The Balaban J connectivity index is 2.16. The minimum absolute atomic E-state index is 0.363. The lowest BCUT2D eigenvalue weighted by Gasteiger charge is -2.32. The third-order valence-electron chi connectivity index (χ3n) is 2.48. The van der Waals surface area contributed by atoms with Crippen LogP contribution in [0.5, 0.6) is 0 Å². The van der Waals surface area contributed by atoms with E-state index in [0.717, 1.165) is 36.1 Å². The van der Waals surface area contributed by atoms with Crippen LogP contribution in [-0.4, -0.2) is 22.9 Å². The molecule has 3 nitrogen and oxygen atoms in total. The van der Waals surface area contributed by atoms with E-state index < -0.39 is 0 Å². The zero-order valence-corrected chi connectivity index (χ0v) is 9.44. The van der Waals surface area contributed by atoms with Gasteiger partial charge in [-0.25, -0.2) is 4.98 Å². The fourth-order valence-corrected chi connectivity index (χ4v) is 1.95. The Hall–Kier alpha value is -0.610. The standard InChI is InChI=1S/C10H13BrN2O/c11-8-4-5-9(12-7-8)13-6-2-1-3-10(13)14/h4-5,7,10,14H,1-3,6H2. The molecule has 2 rings (SSSR count). The average Bonchev–Trinajstić information content (AvgIpc) is 2.20. The Morgan fingerprint density at radius 2 is 2.29 bits per heavy atom. The third-order valence-corrected chi connectivity index (χ3v) is 2.95. The van der Waals surface area contributed by atoms with Crippen molar-refractivity contribution in [3.63, 3.8) is 0 Å². The molecule has 2 heterocycles. The molecule has 14 heavy (non-hydrogen) atoms. The number of pyridine rings is 1. The van der Waals surface area contributed by atoms with Crippen LogP contribution in [0.15, 0.2) is 22.8 Å². The highest BCUT2D eigenvalue weighted by Crippen LogP contribution is 2.22. The minimum Gasteiger partial charge on any atom is -0.374 e. The first kappa shape index (κ1) is 9.93. The molecule has 0 aliphatic carbocycles. The number of anilines is 1. The van der Waals surface area contributed by atoms with Crippen molar-refractivity contribution < 1.29 is 5.11 Å². The number of piperidine rings is 1. The molecule has 1 atom stereocenters. The summed E-state index contributed by atoms with van der Waals surface area (Å²) in [6, 6.07) is 3.88. The fraction of sp³-hybridized carbons (Fsp3) is 0.500. The normalized spacial score (nSPS) is 22.4. The van der Waals surface area contributed by atoms with Crippen molar-refractivity contribution in [2.75, 3.05) is 11.4 Å². The van der Waals surface area contributed by atoms with E-state index in [1.54, 1.807) is 6.20 Å². The zero-order chi connectivity index (χ0) is 9.97. The van der Waals surface area contributed by atoms with Crippen molar-refractivity contribution in [3.8, 4) is 0 Å². The number of aliphatic hydroxyl groups is 1. The van der Waals surface area contributed by atoms with E-state index in [2.05, 4.69) is 20.9 Å². The summed E-state index contributed by atoms with van der Waals surface area (Å²) >= 11 is 3.34. The maximum Gasteiger partial charge on any atom is 0.130 e. The van der Waals surface area contributed by atoms with E-state index in [1.165, 1.54) is 0 Å². The smallest absolute Gasteiger partial charge is 0.130 e. The number of hydrogen-bond acceptors (Lipinski definition) is 3. The lowest BCUT2D eigenvalue weighted by atomic mass is 10.1. The monoisotopic (exact) mass is 256 g/mol. The van der Waals surface area contributed by atoms with Crippen LogP contribution >= 0.6 is 15.9 Å². The first-order valence-corrected chi connectivity index (χ1v) is 5.63. The van der Waals surface area contributed by atoms with Crippen molar-refractivity contribution in [1.82, 2.24) is 4.98 Å². The first-order chi connectivity index (χ1) is 6.77. The third kappa shape index (κ3) is 2.07. The maximum absolute atomic E-state index is 9.77. The fourth-order valence-electron chi connectivity index (χ4n) is 1.72. The van der Waals surface area contributed by atoms with Gasteiger partial charge in [0, 0.05) is 17.2 Å². The number of halogens is 1. The molecular formula is C10H13BrN2O. The summed E-state index contributed by atoms with van der Waals surface area (Å²) in [4.78, 5) is 6.23. The van der Waals surface area contributed by atoms with Crippen LogP contribution in [0.3, 0.4) is 0 Å². The van der Waals surface area contributed by atoms with Gasteiger partial charge in [-0.3, -0.25) is 0 Å². The van der Waals surface area contributed by atoms with Crippen LogP contribution in [0.2, 0.25) is 0 Å². The number of aliphatic hydroxyl groups excluding tert-OH is 1. The van der Waals surface area contributed by atoms with Crippen LogP contribution in [0, 0.1) is 0 Å². The molecule has 0 spiro atoms. The molecule has 1 saturated heterocycles. The van der Waals surface area contributed by atoms with Crippen LogP contribution in [-0.2, 0) is 0 Å². The second-order valence-electron chi connectivity index (χ2n) is 3.50. The van der Waals surface area contributed by atoms with Gasteiger partial charge < -0.3 is 10.0 Å². The number of rotatable bonds is 1. The quantitative estimate of drug-likeness (QED) is 0.837. The van der Waals surface area contributed by atoms with Crippen LogP contribution in [0.4, 0.5) is 5.82 Å². The molecule has 1 aliphatic rings. The van der Waals surface area contributed by atoms with Gasteiger partial charge in [0.1, 0.15) is 12.0 Å². The Morgan fingerprint density at radius 3 is 2.93 bits per heavy atom. The number of hydrogen-bond donors (Lipinski definition) is 1. The maximum atomic E-state index is 9.77. The Morgan fingerprint density at radius 1 is 1.43 bits per heavy atom. The highest BCUT2D eigenvalue weighted by Gasteiger charge is 2.20. The highest BCUT2D eigenvalue weighted by atomic mass is 79.9. The van der Waals surface area contributed by atoms with E-state index in [0.29, 0.717) is 0 Å². The molecule has 76 valence electrons. The van der Waals surface area contributed by atoms with Crippen molar-refractivity contribution >= 4 is 21.7 Å². The predicted molar refractivity (Wildman–Crippen MR) is 59.1 cm³/mol. The van der Waals surface area contributed by atoms with E-state index in [4.69, 9.17) is 0 Å². The summed E-state index contributed by atoms with van der Waals surface area (Å²) in [5.41, 5.74) is 0. The molecular weight excluding hydrogens is 244 g/mol. The molecule has 4 heteroatoms. The first-order valence-electron chi connectivity index (χ1n) is 4.83. The summed E-state index contributed by atoms with van der Waals surface area (Å²) in [5, 5.41) is 9.77. The van der Waals surface area contributed by atoms with Crippen LogP contribution < -0.4 is 4.90 Å². The molecule has 1 aromatic rings. The summed E-state index contributed by atoms with van der Waals surface area (Å²) in [5.74, 6) is 0.861. The molecule has 0 saturated carbocycles. The van der Waals surface area contributed by atoms with E-state index in [9.17, 15) is 5.11 Å². The van der Waals surface area contributed by atoms with E-state index in [-0.39, 0.29) is 6.23 Å². The summed E-state index contributed by atoms with van der Waals surface area (Å²) in [6.07, 6.45) is 4.48. The molecule has 1 aromatic heterocycles. The lowest BCUT2D eigenvalue weighted by Crippen LogP contribution is -2.39. The number of aromatic nitrogens is 1. The van der Waals surface area contributed by atoms with Gasteiger partial charge in [0.2, 0.25) is 0 Å². The van der Waals surface area contributed by atoms with Crippen molar-refractivity contribution in [2.24, 2.45) is 0 Å². The van der Waals surface area contributed by atoms with Crippen molar-refractivity contribution in [2.45, 2.75) is 25.5 Å². The molecule has 1 unspecified atom stereocenters. The predicted octanol–water partition coefficient (Wildman–Crippen LogP) is 2.15. The zero-order valence-electron chi connectivity index (χ0n) is 7.86. The molecule has 1 N–H and O–H groups in total. The van der Waals surface area contributed by atoms with Gasteiger partial charge in [-0.15, -0.1) is 0 Å². The van der Waals surface area contributed by atoms with Crippen molar-refractivity contribution in [1.29, 1.82) is 0 Å².